The zero-order chi connectivity index (χ0) is 10.3. The molecule has 0 bridgehead atoms. The first-order valence-corrected chi connectivity index (χ1v) is 5.21. The number of ether oxygens (including phenoxy) is 1. The minimum atomic E-state index is 0.464. The van der Waals surface area contributed by atoms with E-state index in [1.165, 1.54) is 11.3 Å². The van der Waals surface area contributed by atoms with Gasteiger partial charge < -0.3 is 9.30 Å². The van der Waals surface area contributed by atoms with Crippen LogP contribution in [0.4, 0.5) is 0 Å². The molecule has 0 aliphatic heterocycles. The van der Waals surface area contributed by atoms with Gasteiger partial charge in [0.05, 0.1) is 22.3 Å². The topological polar surface area (TPSA) is 38.0 Å². The Kier molecular flexibility index (Phi) is 2.25. The number of rotatable bonds is 1. The van der Waals surface area contributed by atoms with E-state index in [0.717, 1.165) is 16.0 Å². The van der Waals surface area contributed by atoms with Crippen molar-refractivity contribution in [2.75, 3.05) is 7.11 Å². The van der Waals surface area contributed by atoms with Crippen molar-refractivity contribution in [3.63, 3.8) is 0 Å². The number of aromatic nitrogens is 1. The number of thiazole rings is 1. The molecule has 0 amide bonds. The third kappa shape index (κ3) is 1.22. The zero-order valence-corrected chi connectivity index (χ0v) is 9.37. The monoisotopic (exact) mass is 228 g/mol. The summed E-state index contributed by atoms with van der Waals surface area (Å²) >= 11 is 7.42. The summed E-state index contributed by atoms with van der Waals surface area (Å²) in [6.45, 7) is 0. The van der Waals surface area contributed by atoms with Crippen LogP contribution >= 0.6 is 22.9 Å². The lowest BCUT2D eigenvalue weighted by Crippen LogP contribution is -2.06. The van der Waals surface area contributed by atoms with Gasteiger partial charge in [-0.2, -0.15) is 0 Å². The molecule has 0 spiro atoms. The molecule has 0 aliphatic rings. The Balaban J connectivity index is 2.99. The molecule has 0 unspecified atom stereocenters. The number of hydrogen-bond acceptors (Lipinski definition) is 3. The smallest absolute Gasteiger partial charge is 0.182 e. The van der Waals surface area contributed by atoms with E-state index < -0.39 is 0 Å². The van der Waals surface area contributed by atoms with Crippen LogP contribution in [0.5, 0.6) is 5.75 Å². The van der Waals surface area contributed by atoms with Gasteiger partial charge in [0.25, 0.3) is 0 Å². The molecule has 5 heteroatoms. The Morgan fingerprint density at radius 1 is 1.50 bits per heavy atom. The molecular formula is C9H9ClN2OS. The van der Waals surface area contributed by atoms with Gasteiger partial charge in [0, 0.05) is 7.05 Å². The first kappa shape index (κ1) is 9.55. The van der Waals surface area contributed by atoms with Crippen LogP contribution in [-0.4, -0.2) is 11.7 Å². The summed E-state index contributed by atoms with van der Waals surface area (Å²) in [4.78, 5) is 0.464. The van der Waals surface area contributed by atoms with Crippen molar-refractivity contribution in [2.24, 2.45) is 7.05 Å². The largest absolute Gasteiger partial charge is 0.495 e. The number of hydrogen-bond donors (Lipinski definition) is 1. The fraction of sp³-hybridized carbons (Fsp3) is 0.222. The highest BCUT2D eigenvalue weighted by Gasteiger charge is 2.10. The molecule has 0 saturated carbocycles. The van der Waals surface area contributed by atoms with Crippen molar-refractivity contribution in [3.8, 4) is 5.75 Å². The maximum absolute atomic E-state index is 7.68. The van der Waals surface area contributed by atoms with Gasteiger partial charge in [0.1, 0.15) is 5.75 Å². The van der Waals surface area contributed by atoms with Gasteiger partial charge in [0.15, 0.2) is 4.80 Å². The van der Waals surface area contributed by atoms with Crippen LogP contribution in [0.15, 0.2) is 12.1 Å². The van der Waals surface area contributed by atoms with Crippen molar-refractivity contribution >= 4 is 33.2 Å². The number of methoxy groups -OCH3 is 1. The summed E-state index contributed by atoms with van der Waals surface area (Å²) < 4.78 is 7.88. The second kappa shape index (κ2) is 3.29. The average molecular weight is 229 g/mol. The fourth-order valence-electron chi connectivity index (χ4n) is 1.37. The maximum Gasteiger partial charge on any atom is 0.182 e. The number of aryl methyl sites for hydroxylation is 1. The first-order chi connectivity index (χ1) is 6.65. The van der Waals surface area contributed by atoms with Gasteiger partial charge in [-0.1, -0.05) is 22.9 Å². The van der Waals surface area contributed by atoms with Gasteiger partial charge in [-0.05, 0) is 12.1 Å². The Morgan fingerprint density at radius 2 is 2.21 bits per heavy atom. The molecule has 74 valence electrons. The summed E-state index contributed by atoms with van der Waals surface area (Å²) in [7, 11) is 3.44. The van der Waals surface area contributed by atoms with Gasteiger partial charge >= 0.3 is 0 Å². The van der Waals surface area contributed by atoms with Crippen LogP contribution in [0.25, 0.3) is 10.2 Å². The van der Waals surface area contributed by atoms with Crippen molar-refractivity contribution in [1.82, 2.24) is 4.57 Å². The lowest BCUT2D eigenvalue weighted by atomic mass is 10.3. The molecule has 1 heterocycles. The van der Waals surface area contributed by atoms with Crippen molar-refractivity contribution in [1.29, 1.82) is 5.41 Å². The predicted octanol–water partition coefficient (Wildman–Crippen LogP) is 2.38. The molecule has 0 aliphatic carbocycles. The summed E-state index contributed by atoms with van der Waals surface area (Å²) in [6.07, 6.45) is 0. The number of benzene rings is 1. The molecule has 2 aromatic rings. The summed E-state index contributed by atoms with van der Waals surface area (Å²) in [6, 6.07) is 3.61. The first-order valence-electron chi connectivity index (χ1n) is 4.01. The Morgan fingerprint density at radius 3 is 2.86 bits per heavy atom. The van der Waals surface area contributed by atoms with Gasteiger partial charge in [-0.25, -0.2) is 0 Å². The molecule has 1 N–H and O–H groups in total. The van der Waals surface area contributed by atoms with E-state index in [4.69, 9.17) is 21.7 Å². The molecular weight excluding hydrogens is 220 g/mol. The number of halogens is 1. The summed E-state index contributed by atoms with van der Waals surface area (Å²) in [5, 5.41) is 8.33. The van der Waals surface area contributed by atoms with Crippen molar-refractivity contribution in [3.05, 3.63) is 22.0 Å². The van der Waals surface area contributed by atoms with Crippen LogP contribution in [0.3, 0.4) is 0 Å². The second-order valence-corrected chi connectivity index (χ2v) is 4.30. The molecule has 0 radical (unpaired) electrons. The molecule has 2 rings (SSSR count). The van der Waals surface area contributed by atoms with Crippen LogP contribution in [0, 0.1) is 5.41 Å². The average Bonchev–Trinajstić information content (AvgIpc) is 2.45. The van der Waals surface area contributed by atoms with Gasteiger partial charge in [-0.15, -0.1) is 0 Å². The third-order valence-electron chi connectivity index (χ3n) is 2.10. The van der Waals surface area contributed by atoms with E-state index >= 15 is 0 Å². The van der Waals surface area contributed by atoms with E-state index in [2.05, 4.69) is 0 Å². The lowest BCUT2D eigenvalue weighted by molar-refractivity contribution is 0.420. The van der Waals surface area contributed by atoms with E-state index in [1.807, 2.05) is 13.1 Å². The highest BCUT2D eigenvalue weighted by molar-refractivity contribution is 7.16. The van der Waals surface area contributed by atoms with Crippen molar-refractivity contribution in [2.45, 2.75) is 0 Å². The van der Waals surface area contributed by atoms with Gasteiger partial charge in [-0.3, -0.25) is 5.41 Å². The van der Waals surface area contributed by atoms with Gasteiger partial charge in [0.2, 0.25) is 0 Å². The molecule has 1 aromatic heterocycles. The Bertz CT molecular complexity index is 543. The van der Waals surface area contributed by atoms with Crippen LogP contribution in [0.2, 0.25) is 5.02 Å². The summed E-state index contributed by atoms with van der Waals surface area (Å²) in [5.41, 5.74) is 0.862. The highest BCUT2D eigenvalue weighted by atomic mass is 35.5. The maximum atomic E-state index is 7.68. The van der Waals surface area contributed by atoms with E-state index in [0.29, 0.717) is 9.82 Å². The molecule has 0 atom stereocenters. The minimum absolute atomic E-state index is 0.464. The predicted molar refractivity (Wildman–Crippen MR) is 58.2 cm³/mol. The fourth-order valence-corrected chi connectivity index (χ4v) is 2.72. The normalized spacial score (nSPS) is 10.8. The van der Waals surface area contributed by atoms with Crippen LogP contribution < -0.4 is 9.54 Å². The quantitative estimate of drug-likeness (QED) is 0.800. The number of nitrogens with one attached hydrogen (secondary N) is 1. The molecule has 0 saturated heterocycles. The highest BCUT2D eigenvalue weighted by Crippen LogP contribution is 2.32. The lowest BCUT2D eigenvalue weighted by Gasteiger charge is -2.02. The minimum Gasteiger partial charge on any atom is -0.495 e. The van der Waals surface area contributed by atoms with E-state index in [1.54, 1.807) is 17.7 Å². The molecule has 14 heavy (non-hydrogen) atoms. The zero-order valence-electron chi connectivity index (χ0n) is 7.80. The number of fused-ring (bicyclic) bond motifs is 1. The summed E-state index contributed by atoms with van der Waals surface area (Å²) in [5.74, 6) is 0.767. The Hall–Kier alpha value is -1.00. The van der Waals surface area contributed by atoms with Crippen LogP contribution in [-0.2, 0) is 7.05 Å². The standard InChI is InChI=1S/C9H9ClN2OS/c1-12-7-5(10)3-4-6(13-2)8(7)14-9(12)11/h3-4,11H,1-2H3. The Labute approximate surface area is 90.0 Å². The van der Waals surface area contributed by atoms with Crippen LogP contribution in [0.1, 0.15) is 0 Å². The number of nitrogens with zero attached hydrogens (tertiary/aromatic N) is 1. The molecule has 0 fully saturated rings. The third-order valence-corrected chi connectivity index (χ3v) is 3.48. The molecule has 3 nitrogen and oxygen atoms in total. The van der Waals surface area contributed by atoms with E-state index in [-0.39, 0.29) is 0 Å². The second-order valence-electron chi connectivity index (χ2n) is 2.89. The molecule has 1 aromatic carbocycles. The SMILES string of the molecule is COc1ccc(Cl)c2c1sc(=N)n2C. The van der Waals surface area contributed by atoms with E-state index in [9.17, 15) is 0 Å². The van der Waals surface area contributed by atoms with Crippen molar-refractivity contribution < 1.29 is 4.74 Å².